The van der Waals surface area contributed by atoms with Crippen LogP contribution in [0.3, 0.4) is 0 Å². The van der Waals surface area contributed by atoms with E-state index in [2.05, 4.69) is 52.9 Å². The highest BCUT2D eigenvalue weighted by molar-refractivity contribution is 9.10. The fraction of sp³-hybridized carbons (Fsp3) is 0.348. The molecule has 0 spiro atoms. The van der Waals surface area contributed by atoms with Crippen molar-refractivity contribution in [3.63, 3.8) is 0 Å². The van der Waals surface area contributed by atoms with Gasteiger partial charge in [0.15, 0.2) is 6.61 Å². The summed E-state index contributed by atoms with van der Waals surface area (Å²) in [4.78, 5) is 36.1. The molecule has 8 heteroatoms. The van der Waals surface area contributed by atoms with E-state index in [-0.39, 0.29) is 23.8 Å². The molecule has 1 aliphatic rings. The van der Waals surface area contributed by atoms with E-state index in [4.69, 9.17) is 4.74 Å². The molecule has 0 heterocycles. The summed E-state index contributed by atoms with van der Waals surface area (Å²) >= 11 is 3.45. The quantitative estimate of drug-likeness (QED) is 0.537. The lowest BCUT2D eigenvalue weighted by molar-refractivity contribution is -0.123. The van der Waals surface area contributed by atoms with Crippen LogP contribution in [0.5, 0.6) is 5.75 Å². The standard InChI is InChI=1S/C23H26BrN3O4/c1-23(2,3)18-12-16(24)8-11-19(18)31-13-20(28)26-27-22(30)15-6-9-17(10-7-15)25-21(29)14-4-5-14/h6-12,14H,4-5,13H2,1-3H3,(H,25,29)(H,26,28)(H,27,30). The van der Waals surface area contributed by atoms with Gasteiger partial charge in [-0.1, -0.05) is 36.7 Å². The molecule has 1 fully saturated rings. The van der Waals surface area contributed by atoms with Gasteiger partial charge in [0.05, 0.1) is 0 Å². The average molecular weight is 488 g/mol. The minimum absolute atomic E-state index is 0.00450. The van der Waals surface area contributed by atoms with Crippen LogP contribution < -0.4 is 20.9 Å². The van der Waals surface area contributed by atoms with Gasteiger partial charge in [-0.2, -0.15) is 0 Å². The monoisotopic (exact) mass is 487 g/mol. The van der Waals surface area contributed by atoms with Gasteiger partial charge in [-0.05, 0) is 60.7 Å². The number of halogens is 1. The van der Waals surface area contributed by atoms with Gasteiger partial charge in [-0.3, -0.25) is 25.2 Å². The summed E-state index contributed by atoms with van der Waals surface area (Å²) < 4.78 is 6.60. The second-order valence-electron chi connectivity index (χ2n) is 8.52. The third kappa shape index (κ3) is 6.55. The number of nitrogens with one attached hydrogen (secondary N) is 3. The molecule has 0 unspecified atom stereocenters. The average Bonchev–Trinajstić information content (AvgIpc) is 3.56. The lowest BCUT2D eigenvalue weighted by atomic mass is 9.86. The fourth-order valence-corrected chi connectivity index (χ4v) is 3.25. The first-order valence-electron chi connectivity index (χ1n) is 10.1. The SMILES string of the molecule is CC(C)(C)c1cc(Br)ccc1OCC(=O)NNC(=O)c1ccc(NC(=O)C2CC2)cc1. The number of carbonyl (C=O) groups is 3. The van der Waals surface area contributed by atoms with Gasteiger partial charge in [0.2, 0.25) is 5.91 Å². The fourth-order valence-electron chi connectivity index (χ4n) is 2.89. The lowest BCUT2D eigenvalue weighted by Crippen LogP contribution is -2.43. The Kier molecular flexibility index (Phi) is 7.00. The van der Waals surface area contributed by atoms with E-state index in [0.717, 1.165) is 22.9 Å². The predicted octanol–water partition coefficient (Wildman–Crippen LogP) is 3.94. The highest BCUT2D eigenvalue weighted by atomic mass is 79.9. The second-order valence-corrected chi connectivity index (χ2v) is 9.44. The lowest BCUT2D eigenvalue weighted by Gasteiger charge is -2.23. The Morgan fingerprint density at radius 1 is 1.03 bits per heavy atom. The van der Waals surface area contributed by atoms with Crippen molar-refractivity contribution < 1.29 is 19.1 Å². The van der Waals surface area contributed by atoms with E-state index in [1.54, 1.807) is 30.3 Å². The van der Waals surface area contributed by atoms with Crippen LogP contribution in [0.1, 0.15) is 49.5 Å². The summed E-state index contributed by atoms with van der Waals surface area (Å²) in [5, 5.41) is 2.81. The summed E-state index contributed by atoms with van der Waals surface area (Å²) in [5.41, 5.74) is 6.51. The summed E-state index contributed by atoms with van der Waals surface area (Å²) in [5.74, 6) is -0.222. The van der Waals surface area contributed by atoms with Crippen molar-refractivity contribution >= 4 is 39.3 Å². The molecule has 1 aliphatic carbocycles. The molecule has 0 aromatic heterocycles. The number of hydrogen-bond donors (Lipinski definition) is 3. The molecule has 3 N–H and O–H groups in total. The maximum Gasteiger partial charge on any atom is 0.276 e. The summed E-state index contributed by atoms with van der Waals surface area (Å²) in [7, 11) is 0. The number of benzene rings is 2. The molecule has 0 aliphatic heterocycles. The molecule has 0 saturated heterocycles. The highest BCUT2D eigenvalue weighted by Crippen LogP contribution is 2.33. The third-order valence-electron chi connectivity index (χ3n) is 4.79. The van der Waals surface area contributed by atoms with E-state index in [0.29, 0.717) is 17.0 Å². The molecule has 3 rings (SSSR count). The topological polar surface area (TPSA) is 96.5 Å². The predicted molar refractivity (Wildman–Crippen MR) is 122 cm³/mol. The third-order valence-corrected chi connectivity index (χ3v) is 5.28. The highest BCUT2D eigenvalue weighted by Gasteiger charge is 2.29. The molecular weight excluding hydrogens is 462 g/mol. The molecule has 0 radical (unpaired) electrons. The van der Waals surface area contributed by atoms with Crippen LogP contribution >= 0.6 is 15.9 Å². The van der Waals surface area contributed by atoms with Gasteiger partial charge >= 0.3 is 0 Å². The first kappa shape index (κ1) is 22.8. The van der Waals surface area contributed by atoms with E-state index in [9.17, 15) is 14.4 Å². The zero-order valence-corrected chi connectivity index (χ0v) is 19.3. The van der Waals surface area contributed by atoms with Gasteiger partial charge in [-0.15, -0.1) is 0 Å². The van der Waals surface area contributed by atoms with Crippen LogP contribution in [-0.2, 0) is 15.0 Å². The Morgan fingerprint density at radius 2 is 1.71 bits per heavy atom. The van der Waals surface area contributed by atoms with E-state index in [1.165, 1.54) is 0 Å². The second kappa shape index (κ2) is 9.51. The zero-order chi connectivity index (χ0) is 22.6. The minimum atomic E-state index is -0.482. The van der Waals surface area contributed by atoms with Gasteiger partial charge < -0.3 is 10.1 Å². The van der Waals surface area contributed by atoms with Gasteiger partial charge in [0.25, 0.3) is 11.8 Å². The molecule has 1 saturated carbocycles. The van der Waals surface area contributed by atoms with E-state index in [1.807, 2.05) is 12.1 Å². The van der Waals surface area contributed by atoms with Crippen molar-refractivity contribution in [2.45, 2.75) is 39.0 Å². The van der Waals surface area contributed by atoms with Crippen molar-refractivity contribution in [3.8, 4) is 5.75 Å². The van der Waals surface area contributed by atoms with Crippen molar-refractivity contribution in [1.82, 2.24) is 10.9 Å². The minimum Gasteiger partial charge on any atom is -0.483 e. The first-order valence-corrected chi connectivity index (χ1v) is 10.9. The van der Waals surface area contributed by atoms with Crippen LogP contribution in [0.25, 0.3) is 0 Å². The van der Waals surface area contributed by atoms with Gasteiger partial charge in [-0.25, -0.2) is 0 Å². The van der Waals surface area contributed by atoms with Crippen LogP contribution in [0.4, 0.5) is 5.69 Å². The number of hydrazine groups is 1. The van der Waals surface area contributed by atoms with Crippen LogP contribution in [0.2, 0.25) is 0 Å². The molecule has 164 valence electrons. The number of amides is 3. The van der Waals surface area contributed by atoms with Crippen molar-refractivity contribution in [1.29, 1.82) is 0 Å². The molecule has 2 aromatic carbocycles. The number of rotatable bonds is 6. The maximum atomic E-state index is 12.2. The van der Waals surface area contributed by atoms with Gasteiger partial charge in [0.1, 0.15) is 5.75 Å². The van der Waals surface area contributed by atoms with Crippen molar-refractivity contribution in [2.24, 2.45) is 5.92 Å². The zero-order valence-electron chi connectivity index (χ0n) is 17.8. The Bertz CT molecular complexity index is 979. The summed E-state index contributed by atoms with van der Waals surface area (Å²) in [6.07, 6.45) is 1.85. The normalized spacial score (nSPS) is 13.3. The van der Waals surface area contributed by atoms with Crippen molar-refractivity contribution in [2.75, 3.05) is 11.9 Å². The number of ether oxygens (including phenoxy) is 1. The van der Waals surface area contributed by atoms with Crippen LogP contribution in [-0.4, -0.2) is 24.3 Å². The van der Waals surface area contributed by atoms with Crippen LogP contribution in [0.15, 0.2) is 46.9 Å². The number of hydrogen-bond acceptors (Lipinski definition) is 4. The molecule has 7 nitrogen and oxygen atoms in total. The molecule has 0 atom stereocenters. The Morgan fingerprint density at radius 3 is 2.32 bits per heavy atom. The number of carbonyl (C=O) groups excluding carboxylic acids is 3. The van der Waals surface area contributed by atoms with Gasteiger partial charge in [0, 0.05) is 27.2 Å². The van der Waals surface area contributed by atoms with E-state index >= 15 is 0 Å². The summed E-state index contributed by atoms with van der Waals surface area (Å²) in [6.45, 7) is 5.94. The Labute approximate surface area is 190 Å². The van der Waals surface area contributed by atoms with Crippen molar-refractivity contribution in [3.05, 3.63) is 58.1 Å². The molecule has 0 bridgehead atoms. The molecule has 31 heavy (non-hydrogen) atoms. The Balaban J connectivity index is 1.48. The molecule has 2 aromatic rings. The largest absolute Gasteiger partial charge is 0.483 e. The first-order chi connectivity index (χ1) is 14.6. The number of anilines is 1. The van der Waals surface area contributed by atoms with E-state index < -0.39 is 11.8 Å². The summed E-state index contributed by atoms with van der Waals surface area (Å²) in [6, 6.07) is 12.1. The maximum absolute atomic E-state index is 12.2. The Hall–Kier alpha value is -2.87. The smallest absolute Gasteiger partial charge is 0.276 e. The molecule has 3 amide bonds. The van der Waals surface area contributed by atoms with Crippen LogP contribution in [0, 0.1) is 5.92 Å². The molecular formula is C23H26BrN3O4.